The van der Waals surface area contributed by atoms with Gasteiger partial charge in [0.25, 0.3) is 0 Å². The normalized spacial score (nSPS) is 13.0. The Hall–Kier alpha value is -0.800. The topological polar surface area (TPSA) is 64.6 Å². The predicted octanol–water partition coefficient (Wildman–Crippen LogP) is 23.1. The summed E-state index contributed by atoms with van der Waals surface area (Å²) in [7, 11) is 0. The first-order chi connectivity index (χ1) is 38.1. The Labute approximate surface area is 482 Å². The Morgan fingerprint density at radius 3 is 0.610 bits per heavy atom. The second-order valence-electron chi connectivity index (χ2n) is 23.1. The fourth-order valence-corrected chi connectivity index (χ4v) is 10.0. The van der Waals surface area contributed by atoms with Crippen molar-refractivity contribution in [3.8, 4) is 0 Å². The molecule has 0 rings (SSSR count). The van der Waals surface area contributed by atoms with E-state index in [0.717, 1.165) is 90.6 Å². The first kappa shape index (κ1) is 76.2. The monoisotopic (exact) mass is 1090 g/mol. The van der Waals surface area contributed by atoms with Crippen molar-refractivity contribution in [1.29, 1.82) is 0 Å². The first-order valence-corrected chi connectivity index (χ1v) is 34.8. The first-order valence-electron chi connectivity index (χ1n) is 34.8. The Balaban J connectivity index is 5.92. The van der Waals surface area contributed by atoms with Crippen LogP contribution in [0.25, 0.3) is 0 Å². The lowest BCUT2D eigenvalue weighted by molar-refractivity contribution is -0.208. The molecular formula is C70H138O7. The fourth-order valence-electron chi connectivity index (χ4n) is 10.0. The van der Waals surface area contributed by atoms with Crippen LogP contribution in [0, 0.1) is 0 Å². The largest absolute Gasteiger partial charge is 0.353 e. The molecule has 0 saturated heterocycles. The van der Waals surface area contributed by atoms with Gasteiger partial charge in [0.1, 0.15) is 0 Å². The van der Waals surface area contributed by atoms with E-state index in [-0.39, 0.29) is 12.6 Å². The maximum Gasteiger partial charge on any atom is 0.180 e. The summed E-state index contributed by atoms with van der Waals surface area (Å²) in [6.07, 6.45) is 69.9. The average Bonchev–Trinajstić information content (AvgIpc) is 3.44. The molecule has 0 aliphatic rings. The van der Waals surface area contributed by atoms with Crippen LogP contribution in [0.15, 0.2) is 24.3 Å². The van der Waals surface area contributed by atoms with E-state index < -0.39 is 12.6 Å². The van der Waals surface area contributed by atoms with Crippen LogP contribution in [0.1, 0.15) is 363 Å². The van der Waals surface area contributed by atoms with Gasteiger partial charge in [-0.15, -0.1) is 0 Å². The molecule has 0 amide bonds. The molecule has 0 saturated carbocycles. The van der Waals surface area contributed by atoms with Gasteiger partial charge >= 0.3 is 0 Å². The lowest BCUT2D eigenvalue weighted by atomic mass is 10.1. The maximum absolute atomic E-state index is 6.77. The minimum atomic E-state index is -0.494. The van der Waals surface area contributed by atoms with Gasteiger partial charge in [-0.1, -0.05) is 311 Å². The molecule has 0 aromatic heterocycles. The highest BCUT2D eigenvalue weighted by molar-refractivity contribution is 4.90. The Kier molecular flexibility index (Phi) is 67.0. The van der Waals surface area contributed by atoms with Gasteiger partial charge in [0.05, 0.1) is 13.2 Å². The third-order valence-electron chi connectivity index (χ3n) is 15.3. The third kappa shape index (κ3) is 61.1. The van der Waals surface area contributed by atoms with Crippen molar-refractivity contribution in [2.75, 3.05) is 39.6 Å². The van der Waals surface area contributed by atoms with Gasteiger partial charge in [-0.3, -0.25) is 0 Å². The quantitative estimate of drug-likeness (QED) is 0.0342. The minimum absolute atomic E-state index is 0.180. The molecule has 2 unspecified atom stereocenters. The van der Waals surface area contributed by atoms with Gasteiger partial charge in [-0.2, -0.15) is 0 Å². The molecule has 0 spiro atoms. The van der Waals surface area contributed by atoms with Crippen molar-refractivity contribution >= 4 is 0 Å². The van der Waals surface area contributed by atoms with E-state index in [1.54, 1.807) is 0 Å². The molecule has 0 bridgehead atoms. The highest BCUT2D eigenvalue weighted by Gasteiger charge is 2.16. The van der Waals surface area contributed by atoms with Crippen LogP contribution in [-0.2, 0) is 33.2 Å². The van der Waals surface area contributed by atoms with Crippen LogP contribution in [0.3, 0.4) is 0 Å². The molecule has 0 aromatic carbocycles. The summed E-state index contributed by atoms with van der Waals surface area (Å²) in [5.74, 6) is 0. The SMILES string of the molecule is CCCCCCCCCCOC(CCC=CC(OCCCCCCCCC)OC(C=CCCC(OCCCCCCCCCC)OCCCCCCCCCC)OCCCCCCCCC)OCCCCCCCCCC. The molecule has 7 nitrogen and oxygen atoms in total. The van der Waals surface area contributed by atoms with Crippen molar-refractivity contribution in [3.05, 3.63) is 24.3 Å². The van der Waals surface area contributed by atoms with Gasteiger partial charge in [-0.25, -0.2) is 0 Å². The van der Waals surface area contributed by atoms with Crippen LogP contribution in [-0.4, -0.2) is 64.8 Å². The van der Waals surface area contributed by atoms with E-state index >= 15 is 0 Å². The fraction of sp³-hybridized carbons (Fsp3) is 0.943. The van der Waals surface area contributed by atoms with Crippen molar-refractivity contribution in [2.24, 2.45) is 0 Å². The van der Waals surface area contributed by atoms with Crippen LogP contribution in [0.4, 0.5) is 0 Å². The van der Waals surface area contributed by atoms with Crippen molar-refractivity contribution in [3.63, 3.8) is 0 Å². The number of hydrogen-bond acceptors (Lipinski definition) is 7. The van der Waals surface area contributed by atoms with E-state index in [9.17, 15) is 0 Å². The molecule has 7 heteroatoms. The predicted molar refractivity (Wildman–Crippen MR) is 335 cm³/mol. The van der Waals surface area contributed by atoms with Gasteiger partial charge in [-0.05, 0) is 63.5 Å². The van der Waals surface area contributed by atoms with Crippen LogP contribution in [0.5, 0.6) is 0 Å². The standard InChI is InChI=1S/C70H138O7/c1-7-13-19-25-31-37-43-51-61-71-67(72-62-52-44-38-32-26-20-14-8-2)57-47-49-59-69(75-65-55-41-35-29-23-17-11-5)77-70(76-66-56-42-36-30-24-18-12-6)60-50-48-58-68(73-63-53-45-39-33-27-21-15-9-3)74-64-54-46-40-34-28-22-16-10-4/h49-50,59-60,67-70H,7-48,51-58,61-66H2,1-6H3. The van der Waals surface area contributed by atoms with E-state index in [2.05, 4.69) is 65.8 Å². The Morgan fingerprint density at radius 1 is 0.221 bits per heavy atom. The molecule has 0 aromatic rings. The summed E-state index contributed by atoms with van der Waals surface area (Å²) in [5.41, 5.74) is 0. The number of allylic oxidation sites excluding steroid dienone is 2. The molecule has 0 heterocycles. The molecule has 2 atom stereocenters. The van der Waals surface area contributed by atoms with E-state index in [0.29, 0.717) is 13.2 Å². The molecule has 0 fully saturated rings. The van der Waals surface area contributed by atoms with E-state index in [1.807, 2.05) is 0 Å². The summed E-state index contributed by atoms with van der Waals surface area (Å²) in [4.78, 5) is 0. The van der Waals surface area contributed by atoms with E-state index in [4.69, 9.17) is 33.2 Å². The summed E-state index contributed by atoms with van der Waals surface area (Å²) < 4.78 is 45.7. The van der Waals surface area contributed by atoms with Gasteiger partial charge in [0, 0.05) is 39.3 Å². The summed E-state index contributed by atoms with van der Waals surface area (Å²) in [5, 5.41) is 0. The van der Waals surface area contributed by atoms with Crippen LogP contribution in [0.2, 0.25) is 0 Å². The molecule has 0 N–H and O–H groups in total. The molecule has 77 heavy (non-hydrogen) atoms. The van der Waals surface area contributed by atoms with E-state index in [1.165, 1.54) is 257 Å². The van der Waals surface area contributed by atoms with Crippen LogP contribution < -0.4 is 0 Å². The smallest absolute Gasteiger partial charge is 0.180 e. The van der Waals surface area contributed by atoms with Crippen molar-refractivity contribution in [1.82, 2.24) is 0 Å². The minimum Gasteiger partial charge on any atom is -0.353 e. The van der Waals surface area contributed by atoms with Crippen molar-refractivity contribution < 1.29 is 33.2 Å². The number of unbranched alkanes of at least 4 members (excludes halogenated alkanes) is 40. The summed E-state index contributed by atoms with van der Waals surface area (Å²) in [6.45, 7) is 18.2. The van der Waals surface area contributed by atoms with Gasteiger partial charge in [0.15, 0.2) is 25.2 Å². The molecule has 460 valence electrons. The van der Waals surface area contributed by atoms with Gasteiger partial charge < -0.3 is 33.2 Å². The molecule has 0 radical (unpaired) electrons. The zero-order chi connectivity index (χ0) is 55.7. The zero-order valence-corrected chi connectivity index (χ0v) is 53.1. The highest BCUT2D eigenvalue weighted by atomic mass is 16.8. The Morgan fingerprint density at radius 2 is 0.403 bits per heavy atom. The molecule has 0 aliphatic heterocycles. The summed E-state index contributed by atoms with van der Waals surface area (Å²) >= 11 is 0. The summed E-state index contributed by atoms with van der Waals surface area (Å²) in [6, 6.07) is 0. The lowest BCUT2D eigenvalue weighted by Gasteiger charge is -2.22. The second kappa shape index (κ2) is 67.7. The number of hydrogen-bond donors (Lipinski definition) is 0. The van der Waals surface area contributed by atoms with Crippen molar-refractivity contribution in [2.45, 2.75) is 388 Å². The third-order valence-corrected chi connectivity index (χ3v) is 15.3. The highest BCUT2D eigenvalue weighted by Crippen LogP contribution is 2.18. The van der Waals surface area contributed by atoms with Crippen LogP contribution >= 0.6 is 0 Å². The lowest BCUT2D eigenvalue weighted by Crippen LogP contribution is -2.25. The molecule has 0 aliphatic carbocycles. The maximum atomic E-state index is 6.77. The number of rotatable bonds is 68. The second-order valence-corrected chi connectivity index (χ2v) is 23.1. The average molecular weight is 1090 g/mol. The number of ether oxygens (including phenoxy) is 7. The zero-order valence-electron chi connectivity index (χ0n) is 53.1. The van der Waals surface area contributed by atoms with Gasteiger partial charge in [0.2, 0.25) is 0 Å². The Bertz CT molecular complexity index is 987. The molecular weight excluding hydrogens is 953 g/mol.